The van der Waals surface area contributed by atoms with Gasteiger partial charge in [-0.05, 0) is 61.6 Å². The SMILES string of the molecule is CCC(C(=O)NC1CCCCC1)N(Cc1ccccc1C)C(=O)CN(c1ccc(OC)c(OC)c1)S(=O)(=O)c1ccccc1. The van der Waals surface area contributed by atoms with Crippen LogP contribution in [0.15, 0.2) is 77.7 Å². The van der Waals surface area contributed by atoms with Gasteiger partial charge in [0.25, 0.3) is 10.0 Å². The van der Waals surface area contributed by atoms with Gasteiger partial charge in [-0.3, -0.25) is 13.9 Å². The number of nitrogens with zero attached hydrogens (tertiary/aromatic N) is 2. The third-order valence-corrected chi connectivity index (χ3v) is 9.99. The number of aryl methyl sites for hydroxylation is 1. The Hall–Kier alpha value is -4.05. The minimum atomic E-state index is -4.19. The van der Waals surface area contributed by atoms with E-state index in [1.165, 1.54) is 37.3 Å². The van der Waals surface area contributed by atoms with Gasteiger partial charge in [0.15, 0.2) is 11.5 Å². The first-order valence-corrected chi connectivity index (χ1v) is 16.6. The summed E-state index contributed by atoms with van der Waals surface area (Å²) in [6.45, 7) is 3.46. The van der Waals surface area contributed by atoms with Gasteiger partial charge in [0.05, 0.1) is 24.8 Å². The number of methoxy groups -OCH3 is 2. The van der Waals surface area contributed by atoms with Crippen LogP contribution in [0, 0.1) is 6.92 Å². The summed E-state index contributed by atoms with van der Waals surface area (Å²) in [5.41, 5.74) is 2.09. The highest BCUT2D eigenvalue weighted by Crippen LogP contribution is 2.34. The number of benzene rings is 3. The van der Waals surface area contributed by atoms with E-state index in [4.69, 9.17) is 9.47 Å². The van der Waals surface area contributed by atoms with E-state index in [2.05, 4.69) is 5.32 Å². The van der Waals surface area contributed by atoms with Gasteiger partial charge < -0.3 is 19.7 Å². The molecule has 1 unspecified atom stereocenters. The van der Waals surface area contributed by atoms with Gasteiger partial charge in [-0.1, -0.05) is 68.7 Å². The Labute approximate surface area is 261 Å². The number of anilines is 1. The van der Waals surface area contributed by atoms with Crippen molar-refractivity contribution >= 4 is 27.5 Å². The quantitative estimate of drug-likeness (QED) is 0.272. The summed E-state index contributed by atoms with van der Waals surface area (Å²) in [5.74, 6) is 0.0325. The summed E-state index contributed by atoms with van der Waals surface area (Å²) in [6, 6.07) is 19.7. The zero-order valence-electron chi connectivity index (χ0n) is 26.0. The van der Waals surface area contributed by atoms with E-state index in [0.29, 0.717) is 17.9 Å². The van der Waals surface area contributed by atoms with Gasteiger partial charge >= 0.3 is 0 Å². The molecule has 3 aromatic carbocycles. The van der Waals surface area contributed by atoms with Crippen molar-refractivity contribution in [1.29, 1.82) is 0 Å². The summed E-state index contributed by atoms with van der Waals surface area (Å²) in [6.07, 6.45) is 5.48. The smallest absolute Gasteiger partial charge is 0.264 e. The highest BCUT2D eigenvalue weighted by atomic mass is 32.2. The summed E-state index contributed by atoms with van der Waals surface area (Å²) in [5, 5.41) is 3.18. The van der Waals surface area contributed by atoms with Crippen LogP contribution in [0.2, 0.25) is 0 Å². The van der Waals surface area contributed by atoms with Gasteiger partial charge in [0.2, 0.25) is 11.8 Å². The number of carbonyl (C=O) groups is 2. The molecule has 10 heteroatoms. The molecule has 0 heterocycles. The van der Waals surface area contributed by atoms with Crippen LogP contribution in [0.25, 0.3) is 0 Å². The van der Waals surface area contributed by atoms with Gasteiger partial charge in [0.1, 0.15) is 12.6 Å². The van der Waals surface area contributed by atoms with Crippen molar-refractivity contribution in [3.63, 3.8) is 0 Å². The van der Waals surface area contributed by atoms with Crippen LogP contribution in [0.1, 0.15) is 56.6 Å². The molecule has 0 saturated heterocycles. The van der Waals surface area contributed by atoms with Crippen LogP contribution in [0.5, 0.6) is 11.5 Å². The molecule has 1 aliphatic rings. The number of hydrogen-bond acceptors (Lipinski definition) is 6. The van der Waals surface area contributed by atoms with E-state index in [-0.39, 0.29) is 29.1 Å². The zero-order valence-corrected chi connectivity index (χ0v) is 26.8. The van der Waals surface area contributed by atoms with E-state index in [0.717, 1.165) is 47.5 Å². The predicted molar refractivity (Wildman–Crippen MR) is 171 cm³/mol. The molecular weight excluding hydrogens is 578 g/mol. The maximum Gasteiger partial charge on any atom is 0.264 e. The number of sulfonamides is 1. The Bertz CT molecular complexity index is 1520. The Balaban J connectivity index is 1.75. The lowest BCUT2D eigenvalue weighted by Gasteiger charge is -2.34. The first-order valence-electron chi connectivity index (χ1n) is 15.1. The average Bonchev–Trinajstić information content (AvgIpc) is 3.04. The molecule has 3 aromatic rings. The van der Waals surface area contributed by atoms with Crippen molar-refractivity contribution in [1.82, 2.24) is 10.2 Å². The van der Waals surface area contributed by atoms with Crippen LogP contribution in [0.4, 0.5) is 5.69 Å². The minimum Gasteiger partial charge on any atom is -0.493 e. The largest absolute Gasteiger partial charge is 0.493 e. The van der Waals surface area contributed by atoms with E-state index >= 15 is 0 Å². The van der Waals surface area contributed by atoms with Crippen LogP contribution in [-0.4, -0.2) is 58.0 Å². The van der Waals surface area contributed by atoms with Crippen molar-refractivity contribution in [2.24, 2.45) is 0 Å². The van der Waals surface area contributed by atoms with E-state index in [1.54, 1.807) is 30.3 Å². The van der Waals surface area contributed by atoms with E-state index in [1.807, 2.05) is 38.1 Å². The molecule has 44 heavy (non-hydrogen) atoms. The minimum absolute atomic E-state index is 0.0371. The lowest BCUT2D eigenvalue weighted by atomic mass is 9.95. The molecule has 1 atom stereocenters. The normalized spacial score (nSPS) is 14.4. The van der Waals surface area contributed by atoms with Crippen LogP contribution in [0.3, 0.4) is 0 Å². The van der Waals surface area contributed by atoms with E-state index in [9.17, 15) is 18.0 Å². The average molecular weight is 622 g/mol. The molecule has 1 aliphatic carbocycles. The summed E-state index contributed by atoms with van der Waals surface area (Å²) in [4.78, 5) is 29.7. The Morgan fingerprint density at radius 3 is 2.20 bits per heavy atom. The number of carbonyl (C=O) groups excluding carboxylic acids is 2. The number of amides is 2. The fourth-order valence-corrected chi connectivity index (χ4v) is 7.09. The Kier molecular flexibility index (Phi) is 11.3. The van der Waals surface area contributed by atoms with Crippen LogP contribution < -0.4 is 19.1 Å². The molecule has 0 spiro atoms. The summed E-state index contributed by atoms with van der Waals surface area (Å²) < 4.78 is 40.1. The second kappa shape index (κ2) is 15.1. The molecule has 0 aromatic heterocycles. The molecule has 0 aliphatic heterocycles. The van der Waals surface area contributed by atoms with Gasteiger partial charge in [-0.25, -0.2) is 8.42 Å². The molecule has 1 saturated carbocycles. The molecular formula is C34H43N3O6S. The summed E-state index contributed by atoms with van der Waals surface area (Å²) >= 11 is 0. The first kappa shape index (κ1) is 32.9. The maximum atomic E-state index is 14.4. The fourth-order valence-electron chi connectivity index (χ4n) is 5.66. The third kappa shape index (κ3) is 7.72. The van der Waals surface area contributed by atoms with Crippen molar-refractivity contribution in [3.8, 4) is 11.5 Å². The number of rotatable bonds is 13. The summed E-state index contributed by atoms with van der Waals surface area (Å²) in [7, 11) is -1.24. The van der Waals surface area contributed by atoms with Gasteiger partial charge in [0, 0.05) is 18.7 Å². The standard InChI is InChI=1S/C34H43N3O6S/c1-5-30(34(39)35-27-16-8-6-9-17-27)36(23-26-15-13-12-14-25(26)2)33(38)24-37(44(40,41)29-18-10-7-11-19-29)28-20-21-31(42-3)32(22-28)43-4/h7,10-15,18-22,27,30H,5-6,8-9,16-17,23-24H2,1-4H3,(H,35,39). The maximum absolute atomic E-state index is 14.4. The van der Waals surface area contributed by atoms with Crippen molar-refractivity contribution in [2.45, 2.75) is 75.9 Å². The van der Waals surface area contributed by atoms with Crippen molar-refractivity contribution in [2.75, 3.05) is 25.1 Å². The van der Waals surface area contributed by atoms with E-state index < -0.39 is 28.5 Å². The Morgan fingerprint density at radius 1 is 0.909 bits per heavy atom. The topological polar surface area (TPSA) is 105 Å². The molecule has 0 bridgehead atoms. The zero-order chi connectivity index (χ0) is 31.7. The molecule has 236 valence electrons. The predicted octanol–water partition coefficient (Wildman–Crippen LogP) is 5.46. The molecule has 9 nitrogen and oxygen atoms in total. The lowest BCUT2D eigenvalue weighted by Crippen LogP contribution is -2.54. The highest BCUT2D eigenvalue weighted by Gasteiger charge is 2.35. The van der Waals surface area contributed by atoms with Crippen molar-refractivity contribution in [3.05, 3.63) is 83.9 Å². The Morgan fingerprint density at radius 2 is 1.57 bits per heavy atom. The second-order valence-corrected chi connectivity index (χ2v) is 12.9. The van der Waals surface area contributed by atoms with Gasteiger partial charge in [-0.2, -0.15) is 0 Å². The molecule has 2 amide bonds. The molecule has 1 N–H and O–H groups in total. The highest BCUT2D eigenvalue weighted by molar-refractivity contribution is 7.92. The number of nitrogens with one attached hydrogen (secondary N) is 1. The molecule has 1 fully saturated rings. The van der Waals surface area contributed by atoms with Gasteiger partial charge in [-0.15, -0.1) is 0 Å². The number of hydrogen-bond donors (Lipinski definition) is 1. The second-order valence-electron chi connectivity index (χ2n) is 11.1. The molecule has 0 radical (unpaired) electrons. The third-order valence-electron chi connectivity index (χ3n) is 8.20. The van der Waals surface area contributed by atoms with Crippen LogP contribution in [-0.2, 0) is 26.2 Å². The van der Waals surface area contributed by atoms with Crippen LogP contribution >= 0.6 is 0 Å². The monoisotopic (exact) mass is 621 g/mol. The first-order chi connectivity index (χ1) is 21.2. The fraction of sp³-hybridized carbons (Fsp3) is 0.412. The van der Waals surface area contributed by atoms with Crippen molar-refractivity contribution < 1.29 is 27.5 Å². The molecule has 4 rings (SSSR count). The number of ether oxygens (including phenoxy) is 2. The lowest BCUT2D eigenvalue weighted by molar-refractivity contribution is -0.140.